The molecular weight excluding hydrogens is 208 g/mol. The minimum Gasteiger partial charge on any atom is -0.389 e. The lowest BCUT2D eigenvalue weighted by atomic mass is 9.79. The first-order valence-corrected chi connectivity index (χ1v) is 6.63. The zero-order chi connectivity index (χ0) is 11.9. The van der Waals surface area contributed by atoms with Crippen molar-refractivity contribution in [3.8, 4) is 0 Å². The molecule has 0 heterocycles. The Hall–Kier alpha value is -1.08. The lowest BCUT2D eigenvalue weighted by molar-refractivity contribution is 0.00836. The molecule has 0 radical (unpaired) electrons. The van der Waals surface area contributed by atoms with Crippen LogP contribution < -0.4 is 0 Å². The molecule has 1 aromatic rings. The molecule has 0 spiro atoms. The number of benzene rings is 1. The molecule has 0 saturated heterocycles. The summed E-state index contributed by atoms with van der Waals surface area (Å²) in [5.41, 5.74) is 3.51. The highest BCUT2D eigenvalue weighted by molar-refractivity contribution is 5.32. The smallest absolute Gasteiger partial charge is 0.0715 e. The van der Waals surface area contributed by atoms with E-state index in [0.29, 0.717) is 5.92 Å². The highest BCUT2D eigenvalue weighted by Gasteiger charge is 2.43. The van der Waals surface area contributed by atoms with Gasteiger partial charge in [0.15, 0.2) is 0 Å². The van der Waals surface area contributed by atoms with E-state index in [9.17, 15) is 5.11 Å². The van der Waals surface area contributed by atoms with Crippen molar-refractivity contribution in [1.82, 2.24) is 0 Å². The van der Waals surface area contributed by atoms with Gasteiger partial charge in [-0.05, 0) is 55.6 Å². The van der Waals surface area contributed by atoms with Crippen LogP contribution in [0.3, 0.4) is 0 Å². The van der Waals surface area contributed by atoms with E-state index in [2.05, 4.69) is 30.8 Å². The van der Waals surface area contributed by atoms with Gasteiger partial charge in [-0.2, -0.15) is 0 Å². The number of fused-ring (bicyclic) bond motifs is 1. The molecule has 2 aliphatic carbocycles. The summed E-state index contributed by atoms with van der Waals surface area (Å²) in [6.45, 7) is 4.16. The standard InChI is InChI=1S/C16H20O/c1-12-10-14-5-3-2-4-13(14)8-9-16(17,11-12)15-6-7-15/h2-5,15,17H,1,6-11H2. The van der Waals surface area contributed by atoms with Crippen molar-refractivity contribution in [1.29, 1.82) is 0 Å². The molecule has 90 valence electrons. The Bertz CT molecular complexity index is 445. The summed E-state index contributed by atoms with van der Waals surface area (Å²) in [5.74, 6) is 0.532. The van der Waals surface area contributed by atoms with E-state index < -0.39 is 5.60 Å². The van der Waals surface area contributed by atoms with Crippen molar-refractivity contribution < 1.29 is 5.11 Å². The van der Waals surface area contributed by atoms with Gasteiger partial charge in [0.25, 0.3) is 0 Å². The van der Waals surface area contributed by atoms with Crippen LogP contribution in [0, 0.1) is 5.92 Å². The van der Waals surface area contributed by atoms with Gasteiger partial charge in [-0.25, -0.2) is 0 Å². The largest absolute Gasteiger partial charge is 0.389 e. The third-order valence-corrected chi connectivity index (χ3v) is 4.28. The Morgan fingerprint density at radius 2 is 1.88 bits per heavy atom. The highest BCUT2D eigenvalue weighted by atomic mass is 16.3. The number of hydrogen-bond donors (Lipinski definition) is 1. The fraction of sp³-hybridized carbons (Fsp3) is 0.500. The van der Waals surface area contributed by atoms with Crippen molar-refractivity contribution >= 4 is 0 Å². The van der Waals surface area contributed by atoms with E-state index in [1.807, 2.05) is 0 Å². The second kappa shape index (κ2) is 3.99. The van der Waals surface area contributed by atoms with Gasteiger partial charge in [-0.1, -0.05) is 36.4 Å². The molecule has 0 bridgehead atoms. The van der Waals surface area contributed by atoms with Crippen LogP contribution in [-0.4, -0.2) is 10.7 Å². The van der Waals surface area contributed by atoms with Gasteiger partial charge in [0, 0.05) is 0 Å². The molecule has 17 heavy (non-hydrogen) atoms. The Kier molecular flexibility index (Phi) is 2.59. The zero-order valence-corrected chi connectivity index (χ0v) is 10.3. The maximum Gasteiger partial charge on any atom is 0.0715 e. The summed E-state index contributed by atoms with van der Waals surface area (Å²) in [6.07, 6.45) is 6.04. The van der Waals surface area contributed by atoms with E-state index in [1.54, 1.807) is 0 Å². The zero-order valence-electron chi connectivity index (χ0n) is 10.3. The number of rotatable bonds is 1. The minimum absolute atomic E-state index is 0.468. The van der Waals surface area contributed by atoms with E-state index in [1.165, 1.54) is 29.5 Å². The van der Waals surface area contributed by atoms with Crippen molar-refractivity contribution in [2.24, 2.45) is 5.92 Å². The van der Waals surface area contributed by atoms with Crippen molar-refractivity contribution in [2.45, 2.75) is 44.1 Å². The lowest BCUT2D eigenvalue weighted by Crippen LogP contribution is -2.34. The average molecular weight is 228 g/mol. The van der Waals surface area contributed by atoms with Crippen LogP contribution in [0.4, 0.5) is 0 Å². The van der Waals surface area contributed by atoms with Gasteiger partial charge in [-0.3, -0.25) is 0 Å². The highest BCUT2D eigenvalue weighted by Crippen LogP contribution is 2.46. The Morgan fingerprint density at radius 3 is 2.59 bits per heavy atom. The minimum atomic E-state index is -0.468. The molecule has 1 unspecified atom stereocenters. The Labute approximate surface area is 103 Å². The first kappa shape index (κ1) is 11.0. The average Bonchev–Trinajstić information content (AvgIpc) is 3.10. The third-order valence-electron chi connectivity index (χ3n) is 4.28. The summed E-state index contributed by atoms with van der Waals surface area (Å²) in [7, 11) is 0. The van der Waals surface area contributed by atoms with Gasteiger partial charge in [0.05, 0.1) is 5.60 Å². The molecule has 3 rings (SSSR count). The van der Waals surface area contributed by atoms with Crippen LogP contribution in [0.2, 0.25) is 0 Å². The van der Waals surface area contributed by atoms with E-state index >= 15 is 0 Å². The van der Waals surface area contributed by atoms with Gasteiger partial charge < -0.3 is 5.11 Å². The summed E-state index contributed by atoms with van der Waals surface area (Å²) < 4.78 is 0. The molecule has 0 aliphatic heterocycles. The van der Waals surface area contributed by atoms with Crippen molar-refractivity contribution in [3.63, 3.8) is 0 Å². The fourth-order valence-electron chi connectivity index (χ4n) is 3.15. The van der Waals surface area contributed by atoms with Gasteiger partial charge >= 0.3 is 0 Å². The maximum absolute atomic E-state index is 10.8. The Morgan fingerprint density at radius 1 is 1.18 bits per heavy atom. The Balaban J connectivity index is 1.89. The van der Waals surface area contributed by atoms with E-state index in [0.717, 1.165) is 25.7 Å². The molecule has 1 nitrogen and oxygen atoms in total. The molecule has 2 aliphatic rings. The van der Waals surface area contributed by atoms with Gasteiger partial charge in [0.2, 0.25) is 0 Å². The van der Waals surface area contributed by atoms with Crippen LogP contribution in [0.5, 0.6) is 0 Å². The molecule has 0 amide bonds. The van der Waals surface area contributed by atoms with Crippen LogP contribution in [0.15, 0.2) is 36.4 Å². The predicted molar refractivity (Wildman–Crippen MR) is 69.9 cm³/mol. The second-order valence-electron chi connectivity index (χ2n) is 5.75. The normalized spacial score (nSPS) is 29.4. The van der Waals surface area contributed by atoms with Gasteiger partial charge in [-0.15, -0.1) is 0 Å². The second-order valence-corrected chi connectivity index (χ2v) is 5.75. The maximum atomic E-state index is 10.8. The molecule has 1 heteroatoms. The molecule has 1 N–H and O–H groups in total. The molecule has 1 fully saturated rings. The van der Waals surface area contributed by atoms with E-state index in [4.69, 9.17) is 0 Å². The molecule has 1 saturated carbocycles. The van der Waals surface area contributed by atoms with Crippen LogP contribution in [0.1, 0.15) is 36.8 Å². The number of hydrogen-bond acceptors (Lipinski definition) is 1. The molecule has 1 aromatic carbocycles. The molecule has 1 atom stereocenters. The number of aliphatic hydroxyl groups is 1. The quantitative estimate of drug-likeness (QED) is 0.731. The topological polar surface area (TPSA) is 20.2 Å². The SMILES string of the molecule is C=C1Cc2ccccc2CCC(O)(C2CC2)C1. The fourth-order valence-corrected chi connectivity index (χ4v) is 3.15. The van der Waals surface area contributed by atoms with Crippen LogP contribution in [-0.2, 0) is 12.8 Å². The first-order chi connectivity index (χ1) is 8.17. The van der Waals surface area contributed by atoms with Crippen LogP contribution in [0.25, 0.3) is 0 Å². The third kappa shape index (κ3) is 2.16. The monoisotopic (exact) mass is 228 g/mol. The summed E-state index contributed by atoms with van der Waals surface area (Å²) in [5, 5.41) is 10.8. The molecular formula is C16H20O. The first-order valence-electron chi connectivity index (χ1n) is 6.63. The van der Waals surface area contributed by atoms with E-state index in [-0.39, 0.29) is 0 Å². The summed E-state index contributed by atoms with van der Waals surface area (Å²) >= 11 is 0. The number of aryl methyl sites for hydroxylation is 1. The van der Waals surface area contributed by atoms with Crippen LogP contribution >= 0.6 is 0 Å². The van der Waals surface area contributed by atoms with Crippen molar-refractivity contribution in [3.05, 3.63) is 47.5 Å². The van der Waals surface area contributed by atoms with Gasteiger partial charge in [0.1, 0.15) is 0 Å². The summed E-state index contributed by atoms with van der Waals surface area (Å²) in [4.78, 5) is 0. The predicted octanol–water partition coefficient (Wildman–Crippen LogP) is 3.26. The van der Waals surface area contributed by atoms with Crippen molar-refractivity contribution in [2.75, 3.05) is 0 Å². The summed E-state index contributed by atoms with van der Waals surface area (Å²) in [6, 6.07) is 8.59. The molecule has 0 aromatic heterocycles. The lowest BCUT2D eigenvalue weighted by Gasteiger charge is -2.32.